The molecule has 0 heterocycles. The number of allylic oxidation sites excluding steroid dienone is 2. The number of carbonyl (C=O) groups excluding carboxylic acids is 1. The van der Waals surface area contributed by atoms with Crippen LogP contribution in [0.25, 0.3) is 0 Å². The molecule has 1 aliphatic rings. The van der Waals surface area contributed by atoms with Crippen LogP contribution in [0, 0.1) is 5.41 Å². The average Bonchev–Trinajstić information content (AvgIpc) is 1.99. The molecule has 0 amide bonds. The maximum absolute atomic E-state index is 11.2. The van der Waals surface area contributed by atoms with Gasteiger partial charge in [-0.15, -0.1) is 11.6 Å². The highest BCUT2D eigenvalue weighted by Crippen LogP contribution is 2.36. The molecule has 0 aromatic heterocycles. The summed E-state index contributed by atoms with van der Waals surface area (Å²) >= 11 is 17.0. The minimum Gasteiger partial charge on any atom is -0.303 e. The van der Waals surface area contributed by atoms with Crippen molar-refractivity contribution in [1.82, 2.24) is 0 Å². The monoisotopic (exact) mass is 225 g/mol. The standard InChI is InChI=1S/C7H6Cl3NO/c1-3-2-4(12)7(9,10)6(8)5(3)11/h2,6,11H,1H3. The van der Waals surface area contributed by atoms with E-state index in [2.05, 4.69) is 0 Å². The summed E-state index contributed by atoms with van der Waals surface area (Å²) in [5.41, 5.74) is 0.609. The van der Waals surface area contributed by atoms with Gasteiger partial charge in [0.15, 0.2) is 5.78 Å². The minimum atomic E-state index is -1.68. The fourth-order valence-electron chi connectivity index (χ4n) is 0.877. The van der Waals surface area contributed by atoms with E-state index in [1.54, 1.807) is 6.92 Å². The molecule has 0 aromatic rings. The quantitative estimate of drug-likeness (QED) is 0.633. The van der Waals surface area contributed by atoms with Gasteiger partial charge in [-0.05, 0) is 18.6 Å². The van der Waals surface area contributed by atoms with Crippen molar-refractivity contribution < 1.29 is 4.79 Å². The number of nitrogens with one attached hydrogen (secondary N) is 1. The Balaban J connectivity index is 3.17. The van der Waals surface area contributed by atoms with E-state index in [9.17, 15) is 4.79 Å². The van der Waals surface area contributed by atoms with Crippen LogP contribution in [0.4, 0.5) is 0 Å². The summed E-state index contributed by atoms with van der Waals surface area (Å²) in [7, 11) is 0. The SMILES string of the molecule is CC1=CC(=O)C(Cl)(Cl)C(Cl)C1=N. The molecule has 0 saturated heterocycles. The third-order valence-corrected chi connectivity index (χ3v) is 3.25. The molecule has 5 heteroatoms. The molecule has 0 aliphatic heterocycles. The molecule has 0 saturated carbocycles. The number of alkyl halides is 3. The Morgan fingerprint density at radius 3 is 2.58 bits per heavy atom. The van der Waals surface area contributed by atoms with E-state index in [0.29, 0.717) is 5.57 Å². The maximum atomic E-state index is 11.2. The zero-order chi connectivity index (χ0) is 9.52. The summed E-state index contributed by atoms with van der Waals surface area (Å²) in [5.74, 6) is -0.459. The molecule has 0 bridgehead atoms. The molecule has 0 fully saturated rings. The highest BCUT2D eigenvalue weighted by atomic mass is 35.5. The van der Waals surface area contributed by atoms with Gasteiger partial charge in [-0.3, -0.25) is 4.79 Å². The number of halogens is 3. The molecule has 1 unspecified atom stereocenters. The summed E-state index contributed by atoms with van der Waals surface area (Å²) in [6.07, 6.45) is 1.24. The Labute approximate surface area is 85.0 Å². The van der Waals surface area contributed by atoms with E-state index in [0.717, 1.165) is 0 Å². The van der Waals surface area contributed by atoms with Crippen molar-refractivity contribution in [1.29, 1.82) is 5.41 Å². The van der Waals surface area contributed by atoms with Gasteiger partial charge < -0.3 is 5.41 Å². The smallest absolute Gasteiger partial charge is 0.201 e. The lowest BCUT2D eigenvalue weighted by molar-refractivity contribution is -0.115. The Kier molecular flexibility index (Phi) is 2.52. The van der Waals surface area contributed by atoms with Crippen molar-refractivity contribution >= 4 is 46.3 Å². The van der Waals surface area contributed by atoms with E-state index in [1.165, 1.54) is 6.08 Å². The van der Waals surface area contributed by atoms with Gasteiger partial charge in [-0.1, -0.05) is 23.2 Å². The van der Waals surface area contributed by atoms with Gasteiger partial charge in [0, 0.05) is 0 Å². The van der Waals surface area contributed by atoms with Gasteiger partial charge in [0.25, 0.3) is 0 Å². The number of hydrogen-bond donors (Lipinski definition) is 1. The third kappa shape index (κ3) is 1.39. The lowest BCUT2D eigenvalue weighted by Gasteiger charge is -2.27. The Hall–Kier alpha value is -0.0500. The molecule has 2 nitrogen and oxygen atoms in total. The largest absolute Gasteiger partial charge is 0.303 e. The van der Waals surface area contributed by atoms with Crippen LogP contribution < -0.4 is 0 Å². The number of rotatable bonds is 0. The molecule has 1 atom stereocenters. The highest BCUT2D eigenvalue weighted by molar-refractivity contribution is 6.66. The second-order valence-corrected chi connectivity index (χ2v) is 4.41. The van der Waals surface area contributed by atoms with Gasteiger partial charge in [0.1, 0.15) is 5.38 Å². The van der Waals surface area contributed by atoms with Crippen LogP contribution in [0.2, 0.25) is 0 Å². The van der Waals surface area contributed by atoms with Crippen LogP contribution >= 0.6 is 34.8 Å². The molecule has 12 heavy (non-hydrogen) atoms. The first-order valence-corrected chi connectivity index (χ1v) is 4.40. The Morgan fingerprint density at radius 2 is 2.08 bits per heavy atom. The predicted molar refractivity (Wildman–Crippen MR) is 50.6 cm³/mol. The summed E-state index contributed by atoms with van der Waals surface area (Å²) < 4.78 is -1.68. The van der Waals surface area contributed by atoms with Gasteiger partial charge in [0.2, 0.25) is 4.33 Å². The molecule has 1 N–H and O–H groups in total. The van der Waals surface area contributed by atoms with Gasteiger partial charge in [-0.25, -0.2) is 0 Å². The van der Waals surface area contributed by atoms with Gasteiger partial charge >= 0.3 is 0 Å². The predicted octanol–water partition coefficient (Wildman–Crippen LogP) is 2.32. The van der Waals surface area contributed by atoms with E-state index in [4.69, 9.17) is 40.2 Å². The molecule has 0 spiro atoms. The minimum absolute atomic E-state index is 0.0984. The van der Waals surface area contributed by atoms with Crippen molar-refractivity contribution in [2.45, 2.75) is 16.6 Å². The first kappa shape index (κ1) is 10.0. The van der Waals surface area contributed by atoms with Crippen LogP contribution in [0.15, 0.2) is 11.6 Å². The first-order valence-electron chi connectivity index (χ1n) is 3.21. The molecule has 1 rings (SSSR count). The van der Waals surface area contributed by atoms with Crippen molar-refractivity contribution in [2.24, 2.45) is 0 Å². The Bertz CT molecular complexity index is 282. The average molecular weight is 226 g/mol. The van der Waals surface area contributed by atoms with E-state index in [1.807, 2.05) is 0 Å². The molecule has 0 radical (unpaired) electrons. The van der Waals surface area contributed by atoms with E-state index < -0.39 is 15.5 Å². The van der Waals surface area contributed by atoms with Crippen LogP contribution in [0.3, 0.4) is 0 Å². The van der Waals surface area contributed by atoms with Crippen molar-refractivity contribution in [3.05, 3.63) is 11.6 Å². The number of carbonyl (C=O) groups is 1. The zero-order valence-corrected chi connectivity index (χ0v) is 8.46. The van der Waals surface area contributed by atoms with Crippen molar-refractivity contribution in [3.8, 4) is 0 Å². The lowest BCUT2D eigenvalue weighted by Crippen LogP contribution is -2.43. The van der Waals surface area contributed by atoms with Crippen LogP contribution in [-0.4, -0.2) is 21.2 Å². The Morgan fingerprint density at radius 1 is 1.58 bits per heavy atom. The summed E-state index contributed by atoms with van der Waals surface area (Å²) in [4.78, 5) is 11.2. The maximum Gasteiger partial charge on any atom is 0.201 e. The molecule has 1 aliphatic carbocycles. The van der Waals surface area contributed by atoms with Gasteiger partial charge in [0.05, 0.1) is 5.71 Å². The molecule has 66 valence electrons. The van der Waals surface area contributed by atoms with Crippen molar-refractivity contribution in [3.63, 3.8) is 0 Å². The highest BCUT2D eigenvalue weighted by Gasteiger charge is 2.45. The second-order valence-electron chi connectivity index (χ2n) is 2.59. The van der Waals surface area contributed by atoms with Crippen LogP contribution in [0.5, 0.6) is 0 Å². The van der Waals surface area contributed by atoms with Gasteiger partial charge in [-0.2, -0.15) is 0 Å². The lowest BCUT2D eigenvalue weighted by atomic mass is 9.96. The topological polar surface area (TPSA) is 40.9 Å². The van der Waals surface area contributed by atoms with Crippen LogP contribution in [0.1, 0.15) is 6.92 Å². The summed E-state index contributed by atoms with van der Waals surface area (Å²) in [6.45, 7) is 1.62. The summed E-state index contributed by atoms with van der Waals surface area (Å²) in [5, 5.41) is 6.47. The van der Waals surface area contributed by atoms with E-state index >= 15 is 0 Å². The molecular formula is C7H6Cl3NO. The summed E-state index contributed by atoms with van der Waals surface area (Å²) in [6, 6.07) is 0. The van der Waals surface area contributed by atoms with E-state index in [-0.39, 0.29) is 5.71 Å². The zero-order valence-electron chi connectivity index (χ0n) is 6.20. The second kappa shape index (κ2) is 3.02. The fourth-order valence-corrected chi connectivity index (χ4v) is 1.48. The molecular weight excluding hydrogens is 220 g/mol. The fraction of sp³-hybridized carbons (Fsp3) is 0.429. The van der Waals surface area contributed by atoms with Crippen LogP contribution in [-0.2, 0) is 4.79 Å². The molecule has 0 aromatic carbocycles. The third-order valence-electron chi connectivity index (χ3n) is 1.67. The first-order chi connectivity index (χ1) is 5.37. The normalized spacial score (nSPS) is 28.7. The number of hydrogen-bond acceptors (Lipinski definition) is 2. The van der Waals surface area contributed by atoms with Crippen molar-refractivity contribution in [2.75, 3.05) is 0 Å². The number of ketones is 1.